The smallest absolute Gasteiger partial charge is 0.285 e. The highest BCUT2D eigenvalue weighted by molar-refractivity contribution is 9.10. The Morgan fingerprint density at radius 2 is 1.59 bits per heavy atom. The number of rotatable bonds is 11. The van der Waals surface area contributed by atoms with Crippen LogP contribution in [0.5, 0.6) is 0 Å². The predicted octanol–water partition coefficient (Wildman–Crippen LogP) is 6.39. The molecule has 29 heavy (non-hydrogen) atoms. The summed E-state index contributed by atoms with van der Waals surface area (Å²) in [5, 5.41) is 15.5. The van der Waals surface area contributed by atoms with Gasteiger partial charge in [0.25, 0.3) is 5.92 Å². The zero-order valence-electron chi connectivity index (χ0n) is 16.0. The Morgan fingerprint density at radius 1 is 0.862 bits per heavy atom. The van der Waals surface area contributed by atoms with Crippen molar-refractivity contribution in [2.24, 2.45) is 0 Å². The van der Waals surface area contributed by atoms with Crippen LogP contribution in [0, 0.1) is 0 Å². The Morgan fingerprint density at radius 3 is 2.31 bits per heavy atom. The highest BCUT2D eigenvalue weighted by atomic mass is 79.9. The molecule has 3 rings (SSSR count). The molecule has 9 heteroatoms. The van der Waals surface area contributed by atoms with Gasteiger partial charge in [-0.2, -0.15) is 8.78 Å². The molecular weight excluding hydrogens is 464 g/mol. The number of alkyl halides is 2. The van der Waals surface area contributed by atoms with E-state index in [2.05, 4.69) is 36.3 Å². The molecule has 3 aromatic rings. The predicted molar refractivity (Wildman–Crippen MR) is 112 cm³/mol. The maximum atomic E-state index is 14.1. The fourth-order valence-electron chi connectivity index (χ4n) is 3.24. The summed E-state index contributed by atoms with van der Waals surface area (Å²) in [5.41, 5.74) is 0.541. The van der Waals surface area contributed by atoms with Gasteiger partial charge in [-0.15, -0.1) is 20.4 Å². The van der Waals surface area contributed by atoms with Gasteiger partial charge < -0.3 is 0 Å². The highest BCUT2D eigenvalue weighted by Gasteiger charge is 2.32. The van der Waals surface area contributed by atoms with E-state index in [9.17, 15) is 8.78 Å². The number of hydrogen-bond donors (Lipinski definition) is 0. The molecular formula is C20H23BrClF2N5. The molecule has 5 nitrogen and oxygen atoms in total. The van der Waals surface area contributed by atoms with Gasteiger partial charge in [-0.3, -0.25) is 4.40 Å². The van der Waals surface area contributed by atoms with E-state index in [1.54, 1.807) is 0 Å². The molecule has 0 fully saturated rings. The van der Waals surface area contributed by atoms with Crippen molar-refractivity contribution < 1.29 is 8.78 Å². The van der Waals surface area contributed by atoms with E-state index in [1.807, 2.05) is 22.7 Å². The lowest BCUT2D eigenvalue weighted by Gasteiger charge is -2.14. The van der Waals surface area contributed by atoms with Crippen LogP contribution in [-0.2, 0) is 12.3 Å². The molecule has 0 amide bonds. The van der Waals surface area contributed by atoms with Crippen LogP contribution in [0.1, 0.15) is 62.9 Å². The number of halogens is 4. The highest BCUT2D eigenvalue weighted by Crippen LogP contribution is 2.32. The van der Waals surface area contributed by atoms with Crippen molar-refractivity contribution in [3.05, 3.63) is 51.6 Å². The first kappa shape index (κ1) is 22.0. The summed E-state index contributed by atoms with van der Waals surface area (Å²) in [7, 11) is 0. The molecule has 0 saturated heterocycles. The largest absolute Gasteiger partial charge is 0.291 e. The molecule has 0 bridgehead atoms. The van der Waals surface area contributed by atoms with Gasteiger partial charge in [0.15, 0.2) is 10.8 Å². The normalized spacial score (nSPS) is 12.0. The van der Waals surface area contributed by atoms with Crippen LogP contribution >= 0.6 is 27.5 Å². The van der Waals surface area contributed by atoms with Crippen molar-refractivity contribution in [2.45, 2.75) is 63.7 Å². The summed E-state index contributed by atoms with van der Waals surface area (Å²) in [4.78, 5) is 0. The van der Waals surface area contributed by atoms with Crippen LogP contribution in [-0.4, -0.2) is 24.8 Å². The molecule has 0 saturated carbocycles. The van der Waals surface area contributed by atoms with Gasteiger partial charge in [0, 0.05) is 23.5 Å². The minimum atomic E-state index is -2.95. The van der Waals surface area contributed by atoms with Gasteiger partial charge in [-0.25, -0.2) is 0 Å². The Labute approximate surface area is 182 Å². The summed E-state index contributed by atoms with van der Waals surface area (Å²) in [6.07, 6.45) is 9.17. The molecule has 0 aliphatic heterocycles. The van der Waals surface area contributed by atoms with Crippen molar-refractivity contribution in [2.75, 3.05) is 0 Å². The first-order valence-corrected chi connectivity index (χ1v) is 11.0. The Balaban J connectivity index is 1.27. The van der Waals surface area contributed by atoms with Crippen molar-refractivity contribution in [3.8, 4) is 0 Å². The van der Waals surface area contributed by atoms with Crippen molar-refractivity contribution >= 4 is 33.2 Å². The first-order chi connectivity index (χ1) is 14.0. The van der Waals surface area contributed by atoms with Gasteiger partial charge >= 0.3 is 0 Å². The SMILES string of the molecule is FC(F)(CCCCCCCCCc1nnc2ccc(Br)cn12)c1ccc(Cl)nn1. The lowest BCUT2D eigenvalue weighted by atomic mass is 10.0. The van der Waals surface area contributed by atoms with E-state index in [-0.39, 0.29) is 17.3 Å². The average molecular weight is 487 g/mol. The molecule has 0 radical (unpaired) electrons. The molecule has 0 unspecified atom stereocenters. The Kier molecular flexibility index (Phi) is 7.89. The van der Waals surface area contributed by atoms with Gasteiger partial charge in [0.05, 0.1) is 0 Å². The van der Waals surface area contributed by atoms with Gasteiger partial charge in [-0.05, 0) is 53.0 Å². The maximum absolute atomic E-state index is 14.1. The minimum Gasteiger partial charge on any atom is -0.285 e. The van der Waals surface area contributed by atoms with Gasteiger partial charge in [0.1, 0.15) is 11.5 Å². The van der Waals surface area contributed by atoms with Crippen LogP contribution in [0.2, 0.25) is 5.15 Å². The summed E-state index contributed by atoms with van der Waals surface area (Å²) in [5.74, 6) is -1.98. The summed E-state index contributed by atoms with van der Waals surface area (Å²) < 4.78 is 31.2. The van der Waals surface area contributed by atoms with Crippen LogP contribution in [0.15, 0.2) is 34.9 Å². The molecule has 0 aromatic carbocycles. The van der Waals surface area contributed by atoms with E-state index in [0.29, 0.717) is 6.42 Å². The maximum Gasteiger partial charge on any atom is 0.291 e. The second-order valence-corrected chi connectivity index (χ2v) is 8.42. The fourth-order valence-corrected chi connectivity index (χ4v) is 3.67. The molecule has 0 spiro atoms. The molecule has 0 aliphatic rings. The molecule has 0 atom stereocenters. The minimum absolute atomic E-state index is 0.120. The first-order valence-electron chi connectivity index (χ1n) is 9.82. The molecule has 0 N–H and O–H groups in total. The zero-order valence-corrected chi connectivity index (χ0v) is 18.3. The van der Waals surface area contributed by atoms with E-state index >= 15 is 0 Å². The van der Waals surface area contributed by atoms with Gasteiger partial charge in [0.2, 0.25) is 0 Å². The second-order valence-electron chi connectivity index (χ2n) is 7.11. The summed E-state index contributed by atoms with van der Waals surface area (Å²) in [6, 6.07) is 6.47. The van der Waals surface area contributed by atoms with E-state index in [1.165, 1.54) is 12.1 Å². The third-order valence-corrected chi connectivity index (χ3v) is 5.51. The third kappa shape index (κ3) is 6.40. The standard InChI is InChI=1S/C20H23BrClF2N5/c21-15-9-12-19-28-27-18(29(19)14-15)8-6-4-2-1-3-5-7-13-20(23,24)16-10-11-17(22)26-25-16/h9-12,14H,1-8,13H2. The Hall–Kier alpha value is -1.67. The van der Waals surface area contributed by atoms with Crippen LogP contribution < -0.4 is 0 Å². The average Bonchev–Trinajstić information content (AvgIpc) is 3.09. The topological polar surface area (TPSA) is 56.0 Å². The quantitative estimate of drug-likeness (QED) is 0.295. The lowest BCUT2D eigenvalue weighted by molar-refractivity contribution is -0.0210. The number of hydrogen-bond acceptors (Lipinski definition) is 4. The monoisotopic (exact) mass is 485 g/mol. The Bertz CT molecular complexity index is 917. The van der Waals surface area contributed by atoms with Crippen molar-refractivity contribution in [1.82, 2.24) is 24.8 Å². The third-order valence-electron chi connectivity index (χ3n) is 4.83. The van der Waals surface area contributed by atoms with E-state index in [0.717, 1.165) is 60.9 Å². The number of pyridine rings is 1. The van der Waals surface area contributed by atoms with Crippen LogP contribution in [0.25, 0.3) is 5.65 Å². The number of nitrogens with zero attached hydrogens (tertiary/aromatic N) is 5. The number of aryl methyl sites for hydroxylation is 1. The molecule has 0 aliphatic carbocycles. The molecule has 156 valence electrons. The number of aromatic nitrogens is 5. The van der Waals surface area contributed by atoms with E-state index < -0.39 is 5.92 Å². The summed E-state index contributed by atoms with van der Waals surface area (Å²) >= 11 is 9.06. The fraction of sp³-hybridized carbons (Fsp3) is 0.500. The second kappa shape index (κ2) is 10.4. The van der Waals surface area contributed by atoms with Crippen LogP contribution in [0.4, 0.5) is 8.78 Å². The lowest BCUT2D eigenvalue weighted by Crippen LogP contribution is -2.15. The van der Waals surface area contributed by atoms with Gasteiger partial charge in [-0.1, -0.05) is 43.7 Å². The molecule has 3 aromatic heterocycles. The van der Waals surface area contributed by atoms with Crippen LogP contribution in [0.3, 0.4) is 0 Å². The van der Waals surface area contributed by atoms with E-state index in [4.69, 9.17) is 11.6 Å². The van der Waals surface area contributed by atoms with Crippen molar-refractivity contribution in [3.63, 3.8) is 0 Å². The summed E-state index contributed by atoms with van der Waals surface area (Å²) in [6.45, 7) is 0. The number of unbranched alkanes of at least 4 members (excludes halogenated alkanes) is 6. The van der Waals surface area contributed by atoms with Crippen molar-refractivity contribution in [1.29, 1.82) is 0 Å². The zero-order chi connectivity index (χ0) is 20.7. The number of fused-ring (bicyclic) bond motifs is 1. The molecule has 3 heterocycles.